The number of halogens is 1. The molecule has 0 aliphatic rings. The normalized spacial score (nSPS) is 10.3. The minimum Gasteiger partial charge on any atom is -0.307 e. The maximum absolute atomic E-state index is 12.9. The Morgan fingerprint density at radius 3 is 2.84 bits per heavy atom. The van der Waals surface area contributed by atoms with Crippen molar-refractivity contribution in [2.75, 3.05) is 10.6 Å². The SMILES string of the molecule is CCn1cc(NC(=O)Nc2ccc(F)cc2C)cn1. The van der Waals surface area contributed by atoms with Gasteiger partial charge in [0.05, 0.1) is 11.9 Å². The molecule has 0 bridgehead atoms. The van der Waals surface area contributed by atoms with Gasteiger partial charge in [-0.15, -0.1) is 0 Å². The molecule has 0 aliphatic carbocycles. The molecule has 2 rings (SSSR count). The van der Waals surface area contributed by atoms with Gasteiger partial charge in [0.15, 0.2) is 0 Å². The minimum atomic E-state index is -0.384. The van der Waals surface area contributed by atoms with E-state index in [0.29, 0.717) is 16.9 Å². The van der Waals surface area contributed by atoms with Gasteiger partial charge < -0.3 is 10.6 Å². The van der Waals surface area contributed by atoms with Crippen LogP contribution in [0.4, 0.5) is 20.6 Å². The highest BCUT2D eigenvalue weighted by Gasteiger charge is 2.06. The summed E-state index contributed by atoms with van der Waals surface area (Å²) in [6.07, 6.45) is 3.30. The number of hydrogen-bond acceptors (Lipinski definition) is 2. The number of nitrogens with zero attached hydrogens (tertiary/aromatic N) is 2. The van der Waals surface area contributed by atoms with Gasteiger partial charge in [-0.3, -0.25) is 4.68 Å². The van der Waals surface area contributed by atoms with E-state index >= 15 is 0 Å². The zero-order valence-corrected chi connectivity index (χ0v) is 10.8. The van der Waals surface area contributed by atoms with Crippen LogP contribution in [0.3, 0.4) is 0 Å². The maximum Gasteiger partial charge on any atom is 0.323 e. The molecule has 2 aromatic rings. The Bertz CT molecular complexity index is 594. The lowest BCUT2D eigenvalue weighted by molar-refractivity contribution is 0.262. The fourth-order valence-electron chi connectivity index (χ4n) is 1.65. The molecule has 0 aliphatic heterocycles. The summed E-state index contributed by atoms with van der Waals surface area (Å²) < 4.78 is 14.6. The van der Waals surface area contributed by atoms with Crippen LogP contribution in [0.25, 0.3) is 0 Å². The standard InChI is InChI=1S/C13H15FN4O/c1-3-18-8-11(7-15-18)16-13(19)17-12-5-4-10(14)6-9(12)2/h4-8H,3H2,1-2H3,(H2,16,17,19). The van der Waals surface area contributed by atoms with E-state index in [4.69, 9.17) is 0 Å². The molecule has 1 aromatic heterocycles. The van der Waals surface area contributed by atoms with Gasteiger partial charge in [-0.2, -0.15) is 5.10 Å². The quantitative estimate of drug-likeness (QED) is 0.893. The summed E-state index contributed by atoms with van der Waals surface area (Å²) >= 11 is 0. The van der Waals surface area contributed by atoms with Crippen molar-refractivity contribution in [2.24, 2.45) is 0 Å². The summed E-state index contributed by atoms with van der Waals surface area (Å²) in [5.41, 5.74) is 1.85. The van der Waals surface area contributed by atoms with Crippen molar-refractivity contribution in [3.05, 3.63) is 42.0 Å². The molecule has 0 fully saturated rings. The van der Waals surface area contributed by atoms with Crippen molar-refractivity contribution in [2.45, 2.75) is 20.4 Å². The first kappa shape index (κ1) is 13.1. The molecule has 2 N–H and O–H groups in total. The highest BCUT2D eigenvalue weighted by Crippen LogP contribution is 2.16. The molecule has 19 heavy (non-hydrogen) atoms. The van der Waals surface area contributed by atoms with Crippen LogP contribution in [-0.4, -0.2) is 15.8 Å². The van der Waals surface area contributed by atoms with Crippen molar-refractivity contribution in [1.82, 2.24) is 9.78 Å². The predicted octanol–water partition coefficient (Wildman–Crippen LogP) is 2.99. The lowest BCUT2D eigenvalue weighted by atomic mass is 10.2. The molecular formula is C13H15FN4O. The second kappa shape index (κ2) is 5.51. The molecule has 2 amide bonds. The maximum atomic E-state index is 12.9. The molecule has 0 radical (unpaired) electrons. The van der Waals surface area contributed by atoms with Crippen molar-refractivity contribution in [1.29, 1.82) is 0 Å². The number of carbonyl (C=O) groups is 1. The van der Waals surface area contributed by atoms with E-state index in [1.165, 1.54) is 18.2 Å². The number of hydrogen-bond donors (Lipinski definition) is 2. The zero-order chi connectivity index (χ0) is 13.8. The number of benzene rings is 1. The van der Waals surface area contributed by atoms with Crippen molar-refractivity contribution in [3.63, 3.8) is 0 Å². The van der Waals surface area contributed by atoms with Crippen LogP contribution in [0.15, 0.2) is 30.6 Å². The summed E-state index contributed by atoms with van der Waals surface area (Å²) in [6, 6.07) is 3.81. The fraction of sp³-hybridized carbons (Fsp3) is 0.231. The molecule has 0 saturated heterocycles. The molecule has 0 spiro atoms. The molecule has 100 valence electrons. The van der Waals surface area contributed by atoms with Gasteiger partial charge in [-0.25, -0.2) is 9.18 Å². The van der Waals surface area contributed by atoms with E-state index in [1.807, 2.05) is 6.92 Å². The molecule has 0 atom stereocenters. The van der Waals surface area contributed by atoms with Gasteiger partial charge in [0.2, 0.25) is 0 Å². The zero-order valence-electron chi connectivity index (χ0n) is 10.8. The first-order chi connectivity index (χ1) is 9.08. The Kier molecular flexibility index (Phi) is 3.79. The first-order valence-electron chi connectivity index (χ1n) is 5.95. The van der Waals surface area contributed by atoms with Gasteiger partial charge in [-0.05, 0) is 37.6 Å². The van der Waals surface area contributed by atoms with Gasteiger partial charge in [0.25, 0.3) is 0 Å². The van der Waals surface area contributed by atoms with Gasteiger partial charge >= 0.3 is 6.03 Å². The monoisotopic (exact) mass is 262 g/mol. The number of rotatable bonds is 3. The van der Waals surface area contributed by atoms with Crippen molar-refractivity contribution < 1.29 is 9.18 Å². The van der Waals surface area contributed by atoms with Crippen LogP contribution < -0.4 is 10.6 Å². The van der Waals surface area contributed by atoms with Crippen LogP contribution in [0.5, 0.6) is 0 Å². The molecule has 6 heteroatoms. The number of nitrogens with one attached hydrogen (secondary N) is 2. The fourth-order valence-corrected chi connectivity index (χ4v) is 1.65. The van der Waals surface area contributed by atoms with E-state index in [2.05, 4.69) is 15.7 Å². The molecular weight excluding hydrogens is 247 g/mol. The third-order valence-electron chi connectivity index (χ3n) is 2.65. The average molecular weight is 262 g/mol. The number of aromatic nitrogens is 2. The Morgan fingerprint density at radius 1 is 1.42 bits per heavy atom. The lowest BCUT2D eigenvalue weighted by Crippen LogP contribution is -2.19. The Labute approximate surface area is 110 Å². The van der Waals surface area contributed by atoms with Crippen LogP contribution in [-0.2, 0) is 6.54 Å². The highest BCUT2D eigenvalue weighted by atomic mass is 19.1. The lowest BCUT2D eigenvalue weighted by Gasteiger charge is -2.08. The van der Waals surface area contributed by atoms with E-state index in [0.717, 1.165) is 6.54 Å². The number of amides is 2. The molecule has 0 unspecified atom stereocenters. The van der Waals surface area contributed by atoms with Crippen LogP contribution in [0, 0.1) is 12.7 Å². The molecule has 1 aromatic carbocycles. The average Bonchev–Trinajstić information content (AvgIpc) is 2.80. The Balaban J connectivity index is 2.01. The minimum absolute atomic E-state index is 0.326. The van der Waals surface area contributed by atoms with Gasteiger partial charge in [0, 0.05) is 18.4 Å². The van der Waals surface area contributed by atoms with Gasteiger partial charge in [0.1, 0.15) is 5.82 Å². The second-order valence-electron chi connectivity index (χ2n) is 4.12. The third-order valence-corrected chi connectivity index (χ3v) is 2.65. The Hall–Kier alpha value is -2.37. The molecule has 0 saturated carbocycles. The topological polar surface area (TPSA) is 59.0 Å². The van der Waals surface area contributed by atoms with Gasteiger partial charge in [-0.1, -0.05) is 0 Å². The number of urea groups is 1. The van der Waals surface area contributed by atoms with E-state index in [-0.39, 0.29) is 11.8 Å². The summed E-state index contributed by atoms with van der Waals surface area (Å²) in [5, 5.41) is 9.37. The van der Waals surface area contributed by atoms with E-state index < -0.39 is 0 Å². The highest BCUT2D eigenvalue weighted by molar-refractivity contribution is 6.00. The summed E-state index contributed by atoms with van der Waals surface area (Å²) in [6.45, 7) is 4.42. The first-order valence-corrected chi connectivity index (χ1v) is 5.95. The van der Waals surface area contributed by atoms with E-state index in [1.54, 1.807) is 24.0 Å². The van der Waals surface area contributed by atoms with Crippen molar-refractivity contribution in [3.8, 4) is 0 Å². The van der Waals surface area contributed by atoms with Crippen LogP contribution in [0.1, 0.15) is 12.5 Å². The predicted molar refractivity (Wildman–Crippen MR) is 71.7 cm³/mol. The van der Waals surface area contributed by atoms with Crippen LogP contribution in [0.2, 0.25) is 0 Å². The third kappa shape index (κ3) is 3.31. The second-order valence-corrected chi connectivity index (χ2v) is 4.12. The Morgan fingerprint density at radius 2 is 2.21 bits per heavy atom. The summed E-state index contributed by atoms with van der Waals surface area (Å²) in [7, 11) is 0. The molecule has 1 heterocycles. The summed E-state index contributed by atoms with van der Waals surface area (Å²) in [4.78, 5) is 11.8. The summed E-state index contributed by atoms with van der Waals surface area (Å²) in [5.74, 6) is -0.326. The van der Waals surface area contributed by atoms with E-state index in [9.17, 15) is 9.18 Å². The molecule has 5 nitrogen and oxygen atoms in total. The van der Waals surface area contributed by atoms with Crippen LogP contribution >= 0.6 is 0 Å². The number of carbonyl (C=O) groups excluding carboxylic acids is 1. The largest absolute Gasteiger partial charge is 0.323 e. The number of anilines is 2. The smallest absolute Gasteiger partial charge is 0.307 e. The van der Waals surface area contributed by atoms with Crippen molar-refractivity contribution >= 4 is 17.4 Å². The number of aryl methyl sites for hydroxylation is 2.